The van der Waals surface area contributed by atoms with Gasteiger partial charge >= 0.3 is 12.4 Å². The molecule has 0 aromatic heterocycles. The Morgan fingerprint density at radius 2 is 1.14 bits per heavy atom. The van der Waals surface area contributed by atoms with E-state index in [-0.39, 0.29) is 16.7 Å². The summed E-state index contributed by atoms with van der Waals surface area (Å²) in [5.74, 6) is -4.63. The number of halogens is 8. The first-order valence-corrected chi connectivity index (χ1v) is 10.5. The number of rotatable bonds is 8. The van der Waals surface area contributed by atoms with Gasteiger partial charge in [0.2, 0.25) is 0 Å². The Balaban J connectivity index is 2.12. The van der Waals surface area contributed by atoms with Crippen molar-refractivity contribution < 1.29 is 50.1 Å². The summed E-state index contributed by atoms with van der Waals surface area (Å²) in [5, 5.41) is 24.8. The van der Waals surface area contributed by atoms with Crippen molar-refractivity contribution in [2.75, 3.05) is 30.8 Å². The number of alkyl halides is 6. The Kier molecular flexibility index (Phi) is 7.94. The molecule has 3 aromatic rings. The molecule has 4 N–H and O–H groups in total. The van der Waals surface area contributed by atoms with Crippen LogP contribution in [0.25, 0.3) is 0 Å². The molecule has 3 aromatic carbocycles. The topological polar surface area (TPSA) is 73.8 Å². The number of ether oxygens (including phenoxy) is 1. The zero-order valence-corrected chi connectivity index (χ0v) is 18.9. The second-order valence-corrected chi connectivity index (χ2v) is 7.93. The number of phenols is 2. The molecule has 0 atom stereocenters. The molecule has 37 heavy (non-hydrogen) atoms. The Hall–Kier alpha value is -3.90. The van der Waals surface area contributed by atoms with Gasteiger partial charge in [-0.15, -0.1) is 0 Å². The summed E-state index contributed by atoms with van der Waals surface area (Å²) in [4.78, 5) is 0. The lowest BCUT2D eigenvalue weighted by Gasteiger charge is -2.23. The van der Waals surface area contributed by atoms with Gasteiger partial charge in [-0.05, 0) is 29.8 Å². The Labute approximate surface area is 205 Å². The largest absolute Gasteiger partial charge is 0.508 e. The SMILES string of the molecule is COc1ccc(C(c2cc(F)c(NCC(F)(F)F)cc2O)c2cc(F)c(NCC(F)(F)F)cc2O)cc1. The maximum Gasteiger partial charge on any atom is 0.405 e. The number of benzene rings is 3. The molecule has 0 saturated heterocycles. The van der Waals surface area contributed by atoms with E-state index in [2.05, 4.69) is 0 Å². The van der Waals surface area contributed by atoms with Crippen LogP contribution in [0.2, 0.25) is 0 Å². The summed E-state index contributed by atoms with van der Waals surface area (Å²) < 4.78 is 110. The van der Waals surface area contributed by atoms with Gasteiger partial charge in [-0.2, -0.15) is 26.3 Å². The molecule has 0 aliphatic carbocycles. The predicted molar refractivity (Wildman–Crippen MR) is 119 cm³/mol. The first-order chi connectivity index (χ1) is 17.2. The van der Waals surface area contributed by atoms with Crippen molar-refractivity contribution in [3.63, 3.8) is 0 Å². The van der Waals surface area contributed by atoms with E-state index in [9.17, 15) is 45.3 Å². The van der Waals surface area contributed by atoms with Gasteiger partial charge in [0.1, 0.15) is 42.0 Å². The van der Waals surface area contributed by atoms with Gasteiger partial charge in [-0.1, -0.05) is 12.1 Å². The minimum atomic E-state index is -4.67. The van der Waals surface area contributed by atoms with Gasteiger partial charge in [-0.25, -0.2) is 8.78 Å². The van der Waals surface area contributed by atoms with Crippen molar-refractivity contribution in [1.82, 2.24) is 0 Å². The van der Waals surface area contributed by atoms with Crippen LogP contribution in [0.1, 0.15) is 22.6 Å². The lowest BCUT2D eigenvalue weighted by atomic mass is 9.83. The van der Waals surface area contributed by atoms with Gasteiger partial charge in [0.15, 0.2) is 0 Å². The van der Waals surface area contributed by atoms with E-state index in [1.165, 1.54) is 31.4 Å². The predicted octanol–water partition coefficient (Wildman–Crippen LogP) is 6.51. The molecule has 0 fully saturated rings. The molecular weight excluding hydrogens is 516 g/mol. The molecule has 0 spiro atoms. The average Bonchev–Trinajstić information content (AvgIpc) is 2.80. The van der Waals surface area contributed by atoms with Crippen molar-refractivity contribution in [3.05, 3.63) is 76.9 Å². The molecule has 0 amide bonds. The van der Waals surface area contributed by atoms with E-state index in [0.717, 1.165) is 12.1 Å². The van der Waals surface area contributed by atoms with Crippen molar-refractivity contribution in [1.29, 1.82) is 0 Å². The van der Waals surface area contributed by atoms with E-state index in [0.29, 0.717) is 17.9 Å². The third kappa shape index (κ3) is 7.08. The maximum absolute atomic E-state index is 14.8. The number of hydrogen-bond donors (Lipinski definition) is 4. The maximum atomic E-state index is 14.8. The average molecular weight is 536 g/mol. The van der Waals surface area contributed by atoms with E-state index in [4.69, 9.17) is 4.74 Å². The fourth-order valence-electron chi connectivity index (χ4n) is 3.60. The minimum Gasteiger partial charge on any atom is -0.508 e. The summed E-state index contributed by atoms with van der Waals surface area (Å²) in [6.07, 6.45) is -9.34. The molecule has 3 rings (SSSR count). The number of hydrogen-bond acceptors (Lipinski definition) is 5. The Bertz CT molecular complexity index is 1170. The van der Waals surface area contributed by atoms with Gasteiger partial charge in [0.05, 0.1) is 18.5 Å². The highest BCUT2D eigenvalue weighted by Gasteiger charge is 2.30. The molecule has 200 valence electrons. The van der Waals surface area contributed by atoms with Crippen molar-refractivity contribution in [3.8, 4) is 17.2 Å². The van der Waals surface area contributed by atoms with Gasteiger partial charge < -0.3 is 25.6 Å². The van der Waals surface area contributed by atoms with E-state index >= 15 is 0 Å². The molecule has 0 radical (unpaired) electrons. The molecule has 13 heteroatoms. The number of aromatic hydroxyl groups is 2. The van der Waals surface area contributed by atoms with Crippen LogP contribution in [-0.4, -0.2) is 42.8 Å². The highest BCUT2D eigenvalue weighted by atomic mass is 19.4. The summed E-state index contributed by atoms with van der Waals surface area (Å²) in [6.45, 7) is -3.16. The molecule has 0 aliphatic rings. The van der Waals surface area contributed by atoms with Crippen LogP contribution in [0.5, 0.6) is 17.2 Å². The van der Waals surface area contributed by atoms with Crippen molar-refractivity contribution in [2.24, 2.45) is 0 Å². The van der Waals surface area contributed by atoms with Crippen LogP contribution >= 0.6 is 0 Å². The van der Waals surface area contributed by atoms with Crippen LogP contribution in [0.4, 0.5) is 46.5 Å². The molecule has 0 unspecified atom stereocenters. The molecule has 0 bridgehead atoms. The minimum absolute atomic E-state index is 0.258. The van der Waals surface area contributed by atoms with Crippen LogP contribution < -0.4 is 15.4 Å². The second kappa shape index (κ2) is 10.6. The standard InChI is InChI=1S/C24H20F8N2O3/c1-37-13-4-2-12(3-5-13)22(14-6-16(25)18(8-20(14)35)33-10-23(27,28)29)15-7-17(26)19(9-21(15)36)34-11-24(30,31)32/h2-9,22,33-36H,10-11H2,1H3. The highest BCUT2D eigenvalue weighted by Crippen LogP contribution is 2.44. The van der Waals surface area contributed by atoms with Gasteiger partial charge in [-0.3, -0.25) is 0 Å². The molecule has 0 heterocycles. The van der Waals surface area contributed by atoms with Crippen molar-refractivity contribution in [2.45, 2.75) is 18.3 Å². The summed E-state index contributed by atoms with van der Waals surface area (Å²) in [5.41, 5.74) is -1.57. The molecule has 0 saturated carbocycles. The molecule has 5 nitrogen and oxygen atoms in total. The van der Waals surface area contributed by atoms with Crippen LogP contribution in [0.15, 0.2) is 48.5 Å². The Morgan fingerprint density at radius 3 is 1.49 bits per heavy atom. The van der Waals surface area contributed by atoms with Gasteiger partial charge in [0, 0.05) is 29.2 Å². The van der Waals surface area contributed by atoms with Gasteiger partial charge in [0.25, 0.3) is 0 Å². The first kappa shape index (κ1) is 27.7. The third-order valence-electron chi connectivity index (χ3n) is 5.26. The lowest BCUT2D eigenvalue weighted by Crippen LogP contribution is -2.22. The zero-order chi connectivity index (χ0) is 27.5. The Morgan fingerprint density at radius 1 is 0.730 bits per heavy atom. The monoisotopic (exact) mass is 536 g/mol. The third-order valence-corrected chi connectivity index (χ3v) is 5.26. The first-order valence-electron chi connectivity index (χ1n) is 10.5. The highest BCUT2D eigenvalue weighted by molar-refractivity contribution is 5.62. The fraction of sp³-hybridized carbons (Fsp3) is 0.250. The number of anilines is 2. The van der Waals surface area contributed by atoms with Crippen LogP contribution in [0.3, 0.4) is 0 Å². The van der Waals surface area contributed by atoms with E-state index in [1.807, 2.05) is 10.6 Å². The molecule has 0 aliphatic heterocycles. The number of phenolic OH excluding ortho intramolecular Hbond substituents is 2. The van der Waals surface area contributed by atoms with Crippen LogP contribution in [0, 0.1) is 11.6 Å². The summed E-state index contributed by atoms with van der Waals surface area (Å²) in [7, 11) is 1.38. The van der Waals surface area contributed by atoms with E-state index < -0.39 is 65.9 Å². The van der Waals surface area contributed by atoms with Crippen molar-refractivity contribution >= 4 is 11.4 Å². The summed E-state index contributed by atoms with van der Waals surface area (Å²) in [6, 6.07) is 8.70. The zero-order valence-electron chi connectivity index (χ0n) is 18.9. The van der Waals surface area contributed by atoms with Crippen LogP contribution in [-0.2, 0) is 0 Å². The smallest absolute Gasteiger partial charge is 0.405 e. The summed E-state index contributed by atoms with van der Waals surface area (Å²) >= 11 is 0. The number of methoxy groups -OCH3 is 1. The quantitative estimate of drug-likeness (QED) is 0.195. The lowest BCUT2D eigenvalue weighted by molar-refractivity contribution is -0.116. The number of nitrogens with one attached hydrogen (secondary N) is 2. The van der Waals surface area contributed by atoms with E-state index in [1.54, 1.807) is 0 Å². The fourth-order valence-corrected chi connectivity index (χ4v) is 3.60. The second-order valence-electron chi connectivity index (χ2n) is 7.93. The molecular formula is C24H20F8N2O3. The normalized spacial score (nSPS) is 12.1.